The fraction of sp³-hybridized carbons (Fsp3) is 0.600. The SMILES string of the molecule is CC1=CCC(=C(C)COCC(C)=C2CC=C(C)CC2)CC1. The Morgan fingerprint density at radius 3 is 1.57 bits per heavy atom. The summed E-state index contributed by atoms with van der Waals surface area (Å²) in [5, 5.41) is 0. The van der Waals surface area contributed by atoms with E-state index in [1.54, 1.807) is 11.1 Å². The molecule has 0 amide bonds. The molecule has 21 heavy (non-hydrogen) atoms. The van der Waals surface area contributed by atoms with Crippen molar-refractivity contribution in [2.45, 2.75) is 66.2 Å². The van der Waals surface area contributed by atoms with Crippen molar-refractivity contribution in [2.75, 3.05) is 13.2 Å². The van der Waals surface area contributed by atoms with Gasteiger partial charge in [0.05, 0.1) is 13.2 Å². The molecule has 0 aliphatic heterocycles. The maximum absolute atomic E-state index is 5.96. The summed E-state index contributed by atoms with van der Waals surface area (Å²) in [4.78, 5) is 0. The summed E-state index contributed by atoms with van der Waals surface area (Å²) in [5.41, 5.74) is 9.12. The van der Waals surface area contributed by atoms with Gasteiger partial charge >= 0.3 is 0 Å². The molecule has 2 aliphatic carbocycles. The summed E-state index contributed by atoms with van der Waals surface area (Å²) in [6.45, 7) is 10.5. The first-order chi connectivity index (χ1) is 10.1. The van der Waals surface area contributed by atoms with Gasteiger partial charge in [-0.05, 0) is 77.4 Å². The van der Waals surface area contributed by atoms with Crippen molar-refractivity contribution >= 4 is 0 Å². The average Bonchev–Trinajstić information content (AvgIpc) is 2.48. The van der Waals surface area contributed by atoms with Gasteiger partial charge in [0.1, 0.15) is 0 Å². The molecule has 0 saturated heterocycles. The molecule has 0 unspecified atom stereocenters. The molecule has 0 heterocycles. The molecule has 2 aliphatic rings. The standard InChI is InChI=1S/C20H30O/c1-15-5-9-19(10-6-15)17(3)13-21-14-18(4)20-11-7-16(2)8-12-20/h5,7H,6,8-14H2,1-4H3. The first-order valence-electron chi connectivity index (χ1n) is 8.30. The Balaban J connectivity index is 1.81. The van der Waals surface area contributed by atoms with Gasteiger partial charge in [-0.25, -0.2) is 0 Å². The van der Waals surface area contributed by atoms with E-state index in [0.717, 1.165) is 26.1 Å². The molecular weight excluding hydrogens is 256 g/mol. The summed E-state index contributed by atoms with van der Waals surface area (Å²) in [6, 6.07) is 0. The Hall–Kier alpha value is -1.08. The van der Waals surface area contributed by atoms with Gasteiger partial charge in [0.15, 0.2) is 0 Å². The van der Waals surface area contributed by atoms with Crippen LogP contribution in [0, 0.1) is 0 Å². The van der Waals surface area contributed by atoms with Crippen LogP contribution in [0.5, 0.6) is 0 Å². The monoisotopic (exact) mass is 286 g/mol. The van der Waals surface area contributed by atoms with Gasteiger partial charge in [0.2, 0.25) is 0 Å². The highest BCUT2D eigenvalue weighted by Crippen LogP contribution is 2.26. The van der Waals surface area contributed by atoms with Crippen molar-refractivity contribution in [3.63, 3.8) is 0 Å². The van der Waals surface area contributed by atoms with Crippen LogP contribution >= 0.6 is 0 Å². The number of hydrogen-bond acceptors (Lipinski definition) is 1. The van der Waals surface area contributed by atoms with Crippen LogP contribution in [0.2, 0.25) is 0 Å². The van der Waals surface area contributed by atoms with E-state index in [0.29, 0.717) is 0 Å². The van der Waals surface area contributed by atoms with Crippen molar-refractivity contribution in [1.29, 1.82) is 0 Å². The lowest BCUT2D eigenvalue weighted by atomic mass is 9.92. The van der Waals surface area contributed by atoms with Crippen LogP contribution in [-0.2, 0) is 4.74 Å². The fourth-order valence-corrected chi connectivity index (χ4v) is 3.04. The summed E-state index contributed by atoms with van der Waals surface area (Å²) < 4.78 is 5.96. The summed E-state index contributed by atoms with van der Waals surface area (Å²) in [5.74, 6) is 0. The molecule has 116 valence electrons. The molecule has 1 nitrogen and oxygen atoms in total. The van der Waals surface area contributed by atoms with Crippen LogP contribution < -0.4 is 0 Å². The summed E-state index contributed by atoms with van der Waals surface area (Å²) >= 11 is 0. The van der Waals surface area contributed by atoms with Crippen molar-refractivity contribution in [3.05, 3.63) is 45.6 Å². The minimum atomic E-state index is 0.793. The van der Waals surface area contributed by atoms with Crippen LogP contribution in [0.1, 0.15) is 66.2 Å². The zero-order valence-corrected chi connectivity index (χ0v) is 14.2. The van der Waals surface area contributed by atoms with E-state index in [9.17, 15) is 0 Å². The van der Waals surface area contributed by atoms with Crippen molar-refractivity contribution < 1.29 is 4.74 Å². The second-order valence-electron chi connectivity index (χ2n) is 6.77. The lowest BCUT2D eigenvalue weighted by Gasteiger charge is -2.18. The van der Waals surface area contributed by atoms with Gasteiger partial charge in [-0.3, -0.25) is 0 Å². The predicted molar refractivity (Wildman–Crippen MR) is 91.4 cm³/mol. The third-order valence-corrected chi connectivity index (χ3v) is 4.88. The minimum absolute atomic E-state index is 0.793. The van der Waals surface area contributed by atoms with Crippen molar-refractivity contribution in [3.8, 4) is 0 Å². The number of rotatable bonds is 4. The van der Waals surface area contributed by atoms with E-state index < -0.39 is 0 Å². The molecule has 0 N–H and O–H groups in total. The molecule has 2 rings (SSSR count). The Labute approximate surface area is 130 Å². The third kappa shape index (κ3) is 5.00. The quantitative estimate of drug-likeness (QED) is 0.585. The molecule has 0 saturated carbocycles. The largest absolute Gasteiger partial charge is 0.373 e. The van der Waals surface area contributed by atoms with Gasteiger partial charge in [-0.1, -0.05) is 34.4 Å². The summed E-state index contributed by atoms with van der Waals surface area (Å²) in [6.07, 6.45) is 11.9. The molecule has 0 bridgehead atoms. The highest BCUT2D eigenvalue weighted by molar-refractivity contribution is 5.24. The van der Waals surface area contributed by atoms with Crippen molar-refractivity contribution in [1.82, 2.24) is 0 Å². The summed E-state index contributed by atoms with van der Waals surface area (Å²) in [7, 11) is 0. The van der Waals surface area contributed by atoms with Gasteiger partial charge in [0.25, 0.3) is 0 Å². The van der Waals surface area contributed by atoms with E-state index in [1.807, 2.05) is 0 Å². The first kappa shape index (κ1) is 16.3. The Morgan fingerprint density at radius 1 is 0.810 bits per heavy atom. The van der Waals surface area contributed by atoms with Crippen LogP contribution in [0.25, 0.3) is 0 Å². The molecule has 0 radical (unpaired) electrons. The van der Waals surface area contributed by atoms with Crippen LogP contribution in [0.4, 0.5) is 0 Å². The van der Waals surface area contributed by atoms with Gasteiger partial charge in [-0.2, -0.15) is 0 Å². The van der Waals surface area contributed by atoms with Crippen molar-refractivity contribution in [2.24, 2.45) is 0 Å². The molecule has 0 atom stereocenters. The van der Waals surface area contributed by atoms with E-state index in [2.05, 4.69) is 39.8 Å². The molecule has 0 aromatic carbocycles. The molecule has 0 aromatic heterocycles. The Bertz CT molecular complexity index is 454. The molecule has 0 spiro atoms. The molecule has 0 fully saturated rings. The lowest BCUT2D eigenvalue weighted by molar-refractivity contribution is 0.178. The molecule has 1 heteroatoms. The minimum Gasteiger partial charge on any atom is -0.373 e. The zero-order valence-electron chi connectivity index (χ0n) is 14.2. The van der Waals surface area contributed by atoms with Crippen LogP contribution in [0.15, 0.2) is 45.6 Å². The maximum Gasteiger partial charge on any atom is 0.0681 e. The van der Waals surface area contributed by atoms with Gasteiger partial charge < -0.3 is 4.74 Å². The second kappa shape index (κ2) is 7.79. The topological polar surface area (TPSA) is 9.23 Å². The number of ether oxygens (including phenoxy) is 1. The first-order valence-corrected chi connectivity index (χ1v) is 8.30. The second-order valence-corrected chi connectivity index (χ2v) is 6.77. The highest BCUT2D eigenvalue weighted by atomic mass is 16.5. The molecular formula is C20H30O. The number of hydrogen-bond donors (Lipinski definition) is 0. The normalized spacial score (nSPS) is 24.4. The third-order valence-electron chi connectivity index (χ3n) is 4.88. The predicted octanol–water partition coefficient (Wildman–Crippen LogP) is 5.90. The van der Waals surface area contributed by atoms with Gasteiger partial charge in [0, 0.05) is 0 Å². The average molecular weight is 286 g/mol. The van der Waals surface area contributed by atoms with E-state index in [1.165, 1.54) is 48.0 Å². The smallest absolute Gasteiger partial charge is 0.0681 e. The number of allylic oxidation sites excluding steroid dienone is 6. The van der Waals surface area contributed by atoms with Gasteiger partial charge in [-0.15, -0.1) is 0 Å². The Kier molecular flexibility index (Phi) is 6.05. The lowest BCUT2D eigenvalue weighted by Crippen LogP contribution is -2.06. The fourth-order valence-electron chi connectivity index (χ4n) is 3.04. The molecule has 0 aromatic rings. The van der Waals surface area contributed by atoms with Crippen LogP contribution in [0.3, 0.4) is 0 Å². The maximum atomic E-state index is 5.96. The van der Waals surface area contributed by atoms with E-state index in [4.69, 9.17) is 4.74 Å². The zero-order chi connectivity index (χ0) is 15.2. The van der Waals surface area contributed by atoms with E-state index >= 15 is 0 Å². The van der Waals surface area contributed by atoms with Crippen LogP contribution in [-0.4, -0.2) is 13.2 Å². The highest BCUT2D eigenvalue weighted by Gasteiger charge is 2.10. The van der Waals surface area contributed by atoms with E-state index in [-0.39, 0.29) is 0 Å². The Morgan fingerprint density at radius 2 is 1.24 bits per heavy atom.